The Bertz CT molecular complexity index is 486. The van der Waals surface area contributed by atoms with E-state index in [1.807, 2.05) is 0 Å². The number of halogens is 1. The van der Waals surface area contributed by atoms with Gasteiger partial charge in [0.05, 0.1) is 17.8 Å². The number of aliphatic carboxylic acids is 1. The maximum Gasteiger partial charge on any atom is 0.308 e. The number of nitrogens with zero attached hydrogens (tertiary/aromatic N) is 3. The molecule has 0 amide bonds. The molecule has 0 aromatic carbocycles. The topological polar surface area (TPSA) is 75.4 Å². The fraction of sp³-hybridized carbons (Fsp3) is 0.500. The highest BCUT2D eigenvalue weighted by molar-refractivity contribution is 6.33. The van der Waals surface area contributed by atoms with Crippen LogP contribution in [0.4, 0.5) is 5.69 Å². The number of carbonyl (C=O) groups is 1. The highest BCUT2D eigenvalue weighted by Crippen LogP contribution is 2.20. The van der Waals surface area contributed by atoms with Gasteiger partial charge in [0.1, 0.15) is 5.02 Å². The summed E-state index contributed by atoms with van der Waals surface area (Å²) >= 11 is 5.89. The smallest absolute Gasteiger partial charge is 0.308 e. The molecule has 0 spiro atoms. The van der Waals surface area contributed by atoms with E-state index in [4.69, 9.17) is 16.7 Å². The van der Waals surface area contributed by atoms with E-state index in [-0.39, 0.29) is 11.6 Å². The summed E-state index contributed by atoms with van der Waals surface area (Å²) in [6.07, 6.45) is 1.44. The molecule has 1 rings (SSSR count). The van der Waals surface area contributed by atoms with Crippen LogP contribution in [0.15, 0.2) is 11.0 Å². The lowest BCUT2D eigenvalue weighted by atomic mass is 10.2. The van der Waals surface area contributed by atoms with Gasteiger partial charge in [-0.05, 0) is 0 Å². The molecule has 0 aliphatic heterocycles. The quantitative estimate of drug-likeness (QED) is 0.857. The first-order chi connectivity index (χ1) is 7.84. The second kappa shape index (κ2) is 5.18. The fourth-order valence-corrected chi connectivity index (χ4v) is 1.67. The summed E-state index contributed by atoms with van der Waals surface area (Å²) in [4.78, 5) is 23.9. The number of carboxylic acid groups (broad SMARTS) is 1. The Hall–Kier alpha value is -1.56. The van der Waals surface area contributed by atoms with Crippen LogP contribution in [0.2, 0.25) is 5.02 Å². The molecule has 0 aliphatic rings. The van der Waals surface area contributed by atoms with Crippen molar-refractivity contribution in [2.75, 3.05) is 18.5 Å². The molecule has 1 N–H and O–H groups in total. The number of aromatic nitrogens is 2. The zero-order valence-electron chi connectivity index (χ0n) is 9.85. The van der Waals surface area contributed by atoms with Crippen LogP contribution in [0, 0.1) is 5.92 Å². The number of hydrogen-bond acceptors (Lipinski definition) is 4. The van der Waals surface area contributed by atoms with Crippen molar-refractivity contribution in [2.24, 2.45) is 13.0 Å². The molecule has 6 nitrogen and oxygen atoms in total. The van der Waals surface area contributed by atoms with Crippen molar-refractivity contribution in [2.45, 2.75) is 6.92 Å². The van der Waals surface area contributed by atoms with Gasteiger partial charge in [-0.3, -0.25) is 9.59 Å². The van der Waals surface area contributed by atoms with E-state index in [1.165, 1.54) is 13.2 Å². The monoisotopic (exact) mass is 259 g/mol. The van der Waals surface area contributed by atoms with Crippen LogP contribution >= 0.6 is 11.6 Å². The molecule has 94 valence electrons. The summed E-state index contributed by atoms with van der Waals surface area (Å²) in [5.41, 5.74) is 0.0295. The molecule has 7 heteroatoms. The Morgan fingerprint density at radius 1 is 1.71 bits per heavy atom. The maximum atomic E-state index is 11.5. The summed E-state index contributed by atoms with van der Waals surface area (Å²) < 4.78 is 1.13. The minimum absolute atomic E-state index is 0.0441. The largest absolute Gasteiger partial charge is 0.481 e. The van der Waals surface area contributed by atoms with E-state index in [0.29, 0.717) is 5.69 Å². The molecule has 0 saturated heterocycles. The van der Waals surface area contributed by atoms with Gasteiger partial charge in [0, 0.05) is 20.6 Å². The van der Waals surface area contributed by atoms with Crippen LogP contribution in [-0.4, -0.2) is 34.4 Å². The van der Waals surface area contributed by atoms with Gasteiger partial charge in [0.15, 0.2) is 0 Å². The molecule has 0 radical (unpaired) electrons. The first-order valence-electron chi connectivity index (χ1n) is 5.00. The number of hydrogen-bond donors (Lipinski definition) is 1. The molecule has 1 unspecified atom stereocenters. The summed E-state index contributed by atoms with van der Waals surface area (Å²) in [6.45, 7) is 1.84. The molecule has 1 heterocycles. The third-order valence-corrected chi connectivity index (χ3v) is 2.80. The van der Waals surface area contributed by atoms with Gasteiger partial charge >= 0.3 is 5.97 Å². The summed E-state index contributed by atoms with van der Waals surface area (Å²) in [6, 6.07) is 0. The van der Waals surface area contributed by atoms with Crippen molar-refractivity contribution in [3.8, 4) is 0 Å². The van der Waals surface area contributed by atoms with E-state index < -0.39 is 17.4 Å². The molecule has 1 aromatic heterocycles. The van der Waals surface area contributed by atoms with Gasteiger partial charge in [0.2, 0.25) is 0 Å². The molecule has 0 bridgehead atoms. The normalized spacial score (nSPS) is 12.2. The van der Waals surface area contributed by atoms with Gasteiger partial charge in [-0.2, -0.15) is 5.10 Å². The molecule has 17 heavy (non-hydrogen) atoms. The fourth-order valence-electron chi connectivity index (χ4n) is 1.36. The van der Waals surface area contributed by atoms with E-state index in [0.717, 1.165) is 4.68 Å². The maximum absolute atomic E-state index is 11.5. The molecule has 0 saturated carbocycles. The number of carboxylic acids is 1. The minimum atomic E-state index is -0.898. The summed E-state index contributed by atoms with van der Waals surface area (Å²) in [7, 11) is 3.17. The summed E-state index contributed by atoms with van der Waals surface area (Å²) in [5.74, 6) is -1.45. The number of rotatable bonds is 4. The standard InChI is InChI=1S/C10H14ClN3O3/c1-6(10(16)17)5-13(2)7-4-12-14(3)9(15)8(7)11/h4,6H,5H2,1-3H3,(H,16,17). The third kappa shape index (κ3) is 2.97. The average molecular weight is 260 g/mol. The van der Waals surface area contributed by atoms with Crippen LogP contribution in [-0.2, 0) is 11.8 Å². The second-order valence-electron chi connectivity index (χ2n) is 3.89. The Morgan fingerprint density at radius 2 is 2.29 bits per heavy atom. The highest BCUT2D eigenvalue weighted by Gasteiger charge is 2.17. The first-order valence-corrected chi connectivity index (χ1v) is 5.38. The minimum Gasteiger partial charge on any atom is -0.481 e. The molecular formula is C10H14ClN3O3. The summed E-state index contributed by atoms with van der Waals surface area (Å²) in [5, 5.41) is 12.7. The number of aryl methyl sites for hydroxylation is 1. The Morgan fingerprint density at radius 3 is 2.82 bits per heavy atom. The predicted molar refractivity (Wildman–Crippen MR) is 64.6 cm³/mol. The van der Waals surface area contributed by atoms with Crippen molar-refractivity contribution in [1.82, 2.24) is 9.78 Å². The Labute approximate surface area is 103 Å². The van der Waals surface area contributed by atoms with Crippen LogP contribution in [0.25, 0.3) is 0 Å². The zero-order chi connectivity index (χ0) is 13.2. The lowest BCUT2D eigenvalue weighted by Crippen LogP contribution is -2.31. The van der Waals surface area contributed by atoms with Gasteiger partial charge in [-0.15, -0.1) is 0 Å². The molecule has 1 atom stereocenters. The molecular weight excluding hydrogens is 246 g/mol. The average Bonchev–Trinajstić information content (AvgIpc) is 2.25. The third-order valence-electron chi connectivity index (χ3n) is 2.44. The lowest BCUT2D eigenvalue weighted by Gasteiger charge is -2.21. The van der Waals surface area contributed by atoms with E-state index in [9.17, 15) is 9.59 Å². The molecule has 1 aromatic rings. The van der Waals surface area contributed by atoms with Crippen LogP contribution in [0.3, 0.4) is 0 Å². The van der Waals surface area contributed by atoms with Crippen molar-refractivity contribution in [3.63, 3.8) is 0 Å². The number of anilines is 1. The van der Waals surface area contributed by atoms with Crippen molar-refractivity contribution in [3.05, 3.63) is 21.6 Å². The van der Waals surface area contributed by atoms with E-state index >= 15 is 0 Å². The lowest BCUT2D eigenvalue weighted by molar-refractivity contribution is -0.140. The van der Waals surface area contributed by atoms with Gasteiger partial charge in [-0.25, -0.2) is 4.68 Å². The second-order valence-corrected chi connectivity index (χ2v) is 4.27. The van der Waals surface area contributed by atoms with Gasteiger partial charge in [-0.1, -0.05) is 18.5 Å². The Balaban J connectivity index is 2.98. The highest BCUT2D eigenvalue weighted by atomic mass is 35.5. The SMILES string of the molecule is CC(CN(C)c1cnn(C)c(=O)c1Cl)C(=O)O. The van der Waals surface area contributed by atoms with E-state index in [1.54, 1.807) is 18.9 Å². The van der Waals surface area contributed by atoms with Crippen LogP contribution < -0.4 is 10.5 Å². The molecule has 0 fully saturated rings. The van der Waals surface area contributed by atoms with Crippen LogP contribution in [0.1, 0.15) is 6.92 Å². The Kier molecular flexibility index (Phi) is 4.11. The van der Waals surface area contributed by atoms with Gasteiger partial charge < -0.3 is 10.0 Å². The van der Waals surface area contributed by atoms with Crippen LogP contribution in [0.5, 0.6) is 0 Å². The first kappa shape index (κ1) is 13.5. The van der Waals surface area contributed by atoms with Gasteiger partial charge in [0.25, 0.3) is 5.56 Å². The van der Waals surface area contributed by atoms with Crippen molar-refractivity contribution < 1.29 is 9.90 Å². The van der Waals surface area contributed by atoms with Crippen molar-refractivity contribution in [1.29, 1.82) is 0 Å². The van der Waals surface area contributed by atoms with Crippen molar-refractivity contribution >= 4 is 23.3 Å². The van der Waals surface area contributed by atoms with E-state index in [2.05, 4.69) is 5.10 Å². The molecule has 0 aliphatic carbocycles. The zero-order valence-corrected chi connectivity index (χ0v) is 10.6. The predicted octanol–water partition coefficient (Wildman–Crippen LogP) is 0.591.